The number of halogens is 1. The van der Waals surface area contributed by atoms with Crippen molar-refractivity contribution < 1.29 is 9.50 Å². The monoisotopic (exact) mass is 330 g/mol. The maximum Gasteiger partial charge on any atom is 0.125 e. The van der Waals surface area contributed by atoms with Crippen molar-refractivity contribution in [3.8, 4) is 5.69 Å². The molecule has 0 unspecified atom stereocenters. The van der Waals surface area contributed by atoms with Crippen LogP contribution in [-0.2, 0) is 6.54 Å². The molecule has 0 aliphatic carbocycles. The Morgan fingerprint density at radius 2 is 2.04 bits per heavy atom. The summed E-state index contributed by atoms with van der Waals surface area (Å²) < 4.78 is 15.0. The van der Waals surface area contributed by atoms with E-state index in [-0.39, 0.29) is 18.0 Å². The van der Waals surface area contributed by atoms with Gasteiger partial charge in [-0.05, 0) is 44.1 Å². The first-order chi connectivity index (χ1) is 11.7. The SMILES string of the molecule is O[C@H]1CN(Cc2cnn(-c3cccc(F)c3)c2)C[C@@H]1N1CCCC1. The quantitative estimate of drug-likeness (QED) is 0.926. The number of aliphatic hydroxyl groups is 1. The van der Waals surface area contributed by atoms with E-state index >= 15 is 0 Å². The van der Waals surface area contributed by atoms with Gasteiger partial charge in [-0.15, -0.1) is 0 Å². The topological polar surface area (TPSA) is 44.5 Å². The zero-order valence-corrected chi connectivity index (χ0v) is 13.7. The van der Waals surface area contributed by atoms with Gasteiger partial charge in [-0.25, -0.2) is 9.07 Å². The van der Waals surface area contributed by atoms with E-state index in [0.29, 0.717) is 6.54 Å². The van der Waals surface area contributed by atoms with Gasteiger partial charge in [-0.2, -0.15) is 5.10 Å². The Hall–Kier alpha value is -1.76. The van der Waals surface area contributed by atoms with Gasteiger partial charge in [0.15, 0.2) is 0 Å². The molecule has 6 heteroatoms. The Morgan fingerprint density at radius 3 is 2.83 bits per heavy atom. The first kappa shape index (κ1) is 15.7. The fraction of sp³-hybridized carbons (Fsp3) is 0.500. The summed E-state index contributed by atoms with van der Waals surface area (Å²) in [5.74, 6) is -0.263. The van der Waals surface area contributed by atoms with Gasteiger partial charge in [0.25, 0.3) is 0 Å². The summed E-state index contributed by atoms with van der Waals surface area (Å²) in [6, 6.07) is 6.68. The molecule has 4 rings (SSSR count). The number of hydrogen-bond acceptors (Lipinski definition) is 4. The maximum atomic E-state index is 13.3. The molecule has 3 heterocycles. The van der Waals surface area contributed by atoms with Crippen molar-refractivity contribution in [3.05, 3.63) is 48.0 Å². The van der Waals surface area contributed by atoms with Gasteiger partial charge < -0.3 is 5.11 Å². The summed E-state index contributed by atoms with van der Waals surface area (Å²) in [4.78, 5) is 4.70. The van der Waals surface area contributed by atoms with Crippen LogP contribution in [0.2, 0.25) is 0 Å². The molecule has 2 fully saturated rings. The molecule has 2 aliphatic heterocycles. The number of benzene rings is 1. The highest BCUT2D eigenvalue weighted by Crippen LogP contribution is 2.22. The summed E-state index contributed by atoms with van der Waals surface area (Å²) in [7, 11) is 0. The lowest BCUT2D eigenvalue weighted by Gasteiger charge is -2.25. The second-order valence-electron chi connectivity index (χ2n) is 6.84. The van der Waals surface area contributed by atoms with Crippen LogP contribution in [0.25, 0.3) is 5.69 Å². The van der Waals surface area contributed by atoms with Gasteiger partial charge in [0, 0.05) is 37.4 Å². The van der Waals surface area contributed by atoms with E-state index in [1.54, 1.807) is 10.7 Å². The first-order valence-electron chi connectivity index (χ1n) is 8.63. The van der Waals surface area contributed by atoms with E-state index in [9.17, 15) is 9.50 Å². The molecule has 128 valence electrons. The van der Waals surface area contributed by atoms with Crippen LogP contribution in [0, 0.1) is 5.82 Å². The predicted molar refractivity (Wildman–Crippen MR) is 89.4 cm³/mol. The number of aromatic nitrogens is 2. The number of aliphatic hydroxyl groups excluding tert-OH is 1. The van der Waals surface area contributed by atoms with Crippen LogP contribution in [0.5, 0.6) is 0 Å². The number of hydrogen-bond donors (Lipinski definition) is 1. The smallest absolute Gasteiger partial charge is 0.125 e. The Balaban J connectivity index is 1.41. The fourth-order valence-electron chi connectivity index (χ4n) is 3.87. The molecule has 0 saturated carbocycles. The Kier molecular flexibility index (Phi) is 4.35. The van der Waals surface area contributed by atoms with Crippen LogP contribution in [0.3, 0.4) is 0 Å². The minimum atomic E-state index is -0.277. The zero-order valence-electron chi connectivity index (χ0n) is 13.7. The van der Waals surface area contributed by atoms with Crippen LogP contribution < -0.4 is 0 Å². The van der Waals surface area contributed by atoms with E-state index in [2.05, 4.69) is 14.9 Å². The third-order valence-electron chi connectivity index (χ3n) is 5.06. The lowest BCUT2D eigenvalue weighted by atomic mass is 10.2. The minimum Gasteiger partial charge on any atom is -0.390 e. The van der Waals surface area contributed by atoms with Crippen molar-refractivity contribution in [1.82, 2.24) is 19.6 Å². The number of nitrogens with zero attached hydrogens (tertiary/aromatic N) is 4. The van der Waals surface area contributed by atoms with Crippen molar-refractivity contribution in [3.63, 3.8) is 0 Å². The average Bonchev–Trinajstić information content (AvgIpc) is 3.29. The third-order valence-corrected chi connectivity index (χ3v) is 5.06. The van der Waals surface area contributed by atoms with E-state index in [1.807, 2.05) is 18.5 Å². The number of likely N-dealkylation sites (tertiary alicyclic amines) is 2. The molecule has 24 heavy (non-hydrogen) atoms. The molecule has 1 aromatic carbocycles. The lowest BCUT2D eigenvalue weighted by molar-refractivity contribution is 0.0978. The van der Waals surface area contributed by atoms with Crippen molar-refractivity contribution in [2.45, 2.75) is 31.5 Å². The first-order valence-corrected chi connectivity index (χ1v) is 8.63. The Bertz CT molecular complexity index is 698. The molecule has 0 bridgehead atoms. The molecule has 1 N–H and O–H groups in total. The van der Waals surface area contributed by atoms with Crippen molar-refractivity contribution in [2.75, 3.05) is 26.2 Å². The molecule has 5 nitrogen and oxygen atoms in total. The molecule has 0 spiro atoms. The molecule has 2 atom stereocenters. The van der Waals surface area contributed by atoms with Crippen LogP contribution in [0.4, 0.5) is 4.39 Å². The standard InChI is InChI=1S/C18H23FN4O/c19-15-4-3-5-16(8-15)23-11-14(9-20-23)10-21-12-17(18(24)13-21)22-6-1-2-7-22/h3-5,8-9,11,17-18,24H,1-2,6-7,10,12-13H2/t17-,18-/m0/s1. The van der Waals surface area contributed by atoms with Crippen molar-refractivity contribution >= 4 is 0 Å². The van der Waals surface area contributed by atoms with E-state index in [0.717, 1.165) is 37.4 Å². The van der Waals surface area contributed by atoms with E-state index < -0.39 is 0 Å². The highest BCUT2D eigenvalue weighted by atomic mass is 19.1. The van der Waals surface area contributed by atoms with Crippen molar-refractivity contribution in [2.24, 2.45) is 0 Å². The second kappa shape index (κ2) is 6.63. The summed E-state index contributed by atoms with van der Waals surface area (Å²) in [6.07, 6.45) is 5.96. The van der Waals surface area contributed by atoms with E-state index in [1.165, 1.54) is 25.0 Å². The molecule has 1 aromatic heterocycles. The second-order valence-corrected chi connectivity index (χ2v) is 6.84. The van der Waals surface area contributed by atoms with Gasteiger partial charge in [0.1, 0.15) is 5.82 Å². The van der Waals surface area contributed by atoms with Crippen LogP contribution >= 0.6 is 0 Å². The fourth-order valence-corrected chi connectivity index (χ4v) is 3.87. The summed E-state index contributed by atoms with van der Waals surface area (Å²) in [5.41, 5.74) is 1.80. The number of β-amino-alcohol motifs (C(OH)–C–C–N with tert-alkyl or cyclic N) is 1. The Morgan fingerprint density at radius 1 is 1.21 bits per heavy atom. The Labute approximate surface area is 141 Å². The molecule has 0 radical (unpaired) electrons. The van der Waals surface area contributed by atoms with Gasteiger partial charge >= 0.3 is 0 Å². The molecular formula is C18H23FN4O. The lowest BCUT2D eigenvalue weighted by Crippen LogP contribution is -2.41. The zero-order chi connectivity index (χ0) is 16.5. The molecule has 2 saturated heterocycles. The van der Waals surface area contributed by atoms with Gasteiger partial charge in [-0.3, -0.25) is 9.80 Å². The van der Waals surface area contributed by atoms with Crippen LogP contribution in [0.1, 0.15) is 18.4 Å². The largest absolute Gasteiger partial charge is 0.390 e. The average molecular weight is 330 g/mol. The van der Waals surface area contributed by atoms with Crippen LogP contribution in [-0.4, -0.2) is 63.0 Å². The normalized spacial score (nSPS) is 25.6. The molecule has 2 aliphatic rings. The highest BCUT2D eigenvalue weighted by molar-refractivity contribution is 5.31. The van der Waals surface area contributed by atoms with Gasteiger partial charge in [0.2, 0.25) is 0 Å². The number of rotatable bonds is 4. The molecule has 0 amide bonds. The maximum absolute atomic E-state index is 13.3. The van der Waals surface area contributed by atoms with Gasteiger partial charge in [-0.1, -0.05) is 6.07 Å². The van der Waals surface area contributed by atoms with Crippen LogP contribution in [0.15, 0.2) is 36.7 Å². The van der Waals surface area contributed by atoms with Gasteiger partial charge in [0.05, 0.1) is 18.0 Å². The summed E-state index contributed by atoms with van der Waals surface area (Å²) in [6.45, 7) is 4.56. The van der Waals surface area contributed by atoms with E-state index in [4.69, 9.17) is 0 Å². The molecule has 2 aromatic rings. The highest BCUT2D eigenvalue weighted by Gasteiger charge is 2.36. The van der Waals surface area contributed by atoms with Crippen molar-refractivity contribution in [1.29, 1.82) is 0 Å². The summed E-state index contributed by atoms with van der Waals surface area (Å²) in [5, 5.41) is 14.7. The predicted octanol–water partition coefficient (Wildman–Crippen LogP) is 1.65. The minimum absolute atomic E-state index is 0.255. The molecular weight excluding hydrogens is 307 g/mol. The third kappa shape index (κ3) is 3.22. The summed E-state index contributed by atoms with van der Waals surface area (Å²) >= 11 is 0.